The molecule has 0 unspecified atom stereocenters. The minimum Gasteiger partial charge on any atom is -0.477 e. The number of carboxylic acid groups (broad SMARTS) is 1. The lowest BCUT2D eigenvalue weighted by atomic mass is 10.2. The van der Waals surface area contributed by atoms with Crippen LogP contribution in [0, 0.1) is 0 Å². The van der Waals surface area contributed by atoms with Gasteiger partial charge in [0.2, 0.25) is 0 Å². The molecule has 2 amide bonds. The Morgan fingerprint density at radius 2 is 2.20 bits per heavy atom. The zero-order valence-corrected chi connectivity index (χ0v) is 10.4. The third kappa shape index (κ3) is 3.48. The second-order valence-electron chi connectivity index (χ2n) is 3.77. The van der Waals surface area contributed by atoms with Crippen molar-refractivity contribution in [2.75, 3.05) is 5.32 Å². The van der Waals surface area contributed by atoms with Crippen molar-refractivity contribution in [1.82, 2.24) is 30.5 Å². The minimum absolute atomic E-state index is 0.0537. The van der Waals surface area contributed by atoms with Crippen LogP contribution >= 0.6 is 0 Å². The molecule has 2 rings (SSSR count). The van der Waals surface area contributed by atoms with E-state index in [1.54, 1.807) is 13.1 Å². The first-order valence-corrected chi connectivity index (χ1v) is 5.51. The molecule has 104 valence electrons. The van der Waals surface area contributed by atoms with Gasteiger partial charge in [-0.3, -0.25) is 5.32 Å². The Hall–Kier alpha value is -3.04. The second kappa shape index (κ2) is 5.73. The van der Waals surface area contributed by atoms with Crippen molar-refractivity contribution in [1.29, 1.82) is 0 Å². The van der Waals surface area contributed by atoms with Gasteiger partial charge in [-0.1, -0.05) is 11.2 Å². The first kappa shape index (κ1) is 13.4. The van der Waals surface area contributed by atoms with Crippen molar-refractivity contribution >= 4 is 17.9 Å². The maximum atomic E-state index is 11.5. The number of aryl methyl sites for hydroxylation is 1. The van der Waals surface area contributed by atoms with Crippen LogP contribution in [-0.2, 0) is 13.6 Å². The monoisotopic (exact) mass is 277 g/mol. The van der Waals surface area contributed by atoms with Gasteiger partial charge in [0.25, 0.3) is 5.95 Å². The van der Waals surface area contributed by atoms with Gasteiger partial charge in [0.15, 0.2) is 0 Å². The number of tetrazole rings is 1. The van der Waals surface area contributed by atoms with Crippen LogP contribution in [0.25, 0.3) is 0 Å². The van der Waals surface area contributed by atoms with E-state index in [0.717, 1.165) is 0 Å². The van der Waals surface area contributed by atoms with E-state index in [9.17, 15) is 9.59 Å². The van der Waals surface area contributed by atoms with Crippen LogP contribution in [0.3, 0.4) is 0 Å². The van der Waals surface area contributed by atoms with Gasteiger partial charge in [0.05, 0.1) is 7.05 Å². The van der Waals surface area contributed by atoms with Gasteiger partial charge < -0.3 is 10.4 Å². The van der Waals surface area contributed by atoms with Gasteiger partial charge in [0.1, 0.15) is 5.69 Å². The van der Waals surface area contributed by atoms with Crippen molar-refractivity contribution in [2.45, 2.75) is 6.54 Å². The summed E-state index contributed by atoms with van der Waals surface area (Å²) in [5, 5.41) is 24.6. The molecule has 2 aromatic heterocycles. The van der Waals surface area contributed by atoms with Gasteiger partial charge in [-0.2, -0.15) is 4.80 Å². The molecule has 10 heteroatoms. The summed E-state index contributed by atoms with van der Waals surface area (Å²) in [5.41, 5.74) is 0.610. The van der Waals surface area contributed by atoms with Crippen molar-refractivity contribution in [3.8, 4) is 0 Å². The molecule has 0 saturated carbocycles. The first-order chi connectivity index (χ1) is 9.54. The van der Waals surface area contributed by atoms with E-state index in [1.165, 1.54) is 17.1 Å². The number of carbonyl (C=O) groups is 2. The van der Waals surface area contributed by atoms with Crippen LogP contribution in [0.5, 0.6) is 0 Å². The average Bonchev–Trinajstić information content (AvgIpc) is 2.82. The van der Waals surface area contributed by atoms with E-state index >= 15 is 0 Å². The highest BCUT2D eigenvalue weighted by atomic mass is 16.4. The Kier molecular flexibility index (Phi) is 3.84. The molecule has 3 N–H and O–H groups in total. The van der Waals surface area contributed by atoms with Crippen LogP contribution in [0.4, 0.5) is 10.7 Å². The number of urea groups is 1. The third-order valence-electron chi connectivity index (χ3n) is 2.23. The highest BCUT2D eigenvalue weighted by molar-refractivity contribution is 5.87. The summed E-state index contributed by atoms with van der Waals surface area (Å²) < 4.78 is 0. The molecular formula is C10H11N7O3. The maximum absolute atomic E-state index is 11.5. The molecule has 10 nitrogen and oxygen atoms in total. The lowest BCUT2D eigenvalue weighted by Crippen LogP contribution is -2.28. The fourth-order valence-electron chi connectivity index (χ4n) is 1.32. The fourth-order valence-corrected chi connectivity index (χ4v) is 1.32. The van der Waals surface area contributed by atoms with Crippen molar-refractivity contribution < 1.29 is 14.7 Å². The molecule has 0 radical (unpaired) electrons. The van der Waals surface area contributed by atoms with Crippen LogP contribution < -0.4 is 10.6 Å². The van der Waals surface area contributed by atoms with E-state index in [1.807, 2.05) is 0 Å². The third-order valence-corrected chi connectivity index (χ3v) is 2.23. The van der Waals surface area contributed by atoms with Gasteiger partial charge >= 0.3 is 12.0 Å². The van der Waals surface area contributed by atoms with Crippen molar-refractivity contribution in [3.05, 3.63) is 29.6 Å². The molecule has 2 aromatic rings. The van der Waals surface area contributed by atoms with Gasteiger partial charge in [-0.15, -0.1) is 5.10 Å². The number of nitrogens with one attached hydrogen (secondary N) is 2. The van der Waals surface area contributed by atoms with Crippen LogP contribution in [0.1, 0.15) is 16.1 Å². The number of nitrogens with zero attached hydrogens (tertiary/aromatic N) is 5. The number of hydrogen-bond acceptors (Lipinski definition) is 6. The molecule has 0 fully saturated rings. The summed E-state index contributed by atoms with van der Waals surface area (Å²) in [6.45, 7) is 0.193. The Balaban J connectivity index is 1.85. The predicted molar refractivity (Wildman–Crippen MR) is 65.9 cm³/mol. The van der Waals surface area contributed by atoms with E-state index in [2.05, 4.69) is 31.0 Å². The minimum atomic E-state index is -1.10. The summed E-state index contributed by atoms with van der Waals surface area (Å²) in [7, 11) is 1.58. The number of aromatic carboxylic acids is 1. The molecule has 0 aliphatic heterocycles. The fraction of sp³-hybridized carbons (Fsp3) is 0.200. The molecule has 0 aromatic carbocycles. The van der Waals surface area contributed by atoms with E-state index in [-0.39, 0.29) is 18.2 Å². The molecular weight excluding hydrogens is 266 g/mol. The predicted octanol–water partition coefficient (Wildman–Crippen LogP) is -0.375. The van der Waals surface area contributed by atoms with Gasteiger partial charge in [-0.05, 0) is 16.8 Å². The SMILES string of the molecule is Cn1nnc(NC(=O)NCc2ccc(C(=O)O)nc2)n1. The number of rotatable bonds is 4. The molecule has 0 aliphatic rings. The molecule has 2 heterocycles. The maximum Gasteiger partial charge on any atom is 0.354 e. The quantitative estimate of drug-likeness (QED) is 0.693. The second-order valence-corrected chi connectivity index (χ2v) is 3.77. The summed E-state index contributed by atoms with van der Waals surface area (Å²) in [6.07, 6.45) is 1.38. The number of hydrogen-bond donors (Lipinski definition) is 3. The topological polar surface area (TPSA) is 135 Å². The first-order valence-electron chi connectivity index (χ1n) is 5.51. The standard InChI is InChI=1S/C10H11N7O3/c1-17-15-9(14-16-17)13-10(20)12-5-6-2-3-7(8(18)19)11-4-6/h2-4H,5H2,1H3,(H,18,19)(H2,12,13,15,20). The summed E-state index contributed by atoms with van der Waals surface area (Å²) in [4.78, 5) is 27.1. The number of carboxylic acids is 1. The zero-order valence-electron chi connectivity index (χ0n) is 10.4. The molecule has 0 aliphatic carbocycles. The molecule has 0 saturated heterocycles. The number of aromatic nitrogens is 5. The van der Waals surface area contributed by atoms with Crippen molar-refractivity contribution in [2.24, 2.45) is 7.05 Å². The van der Waals surface area contributed by atoms with Gasteiger partial charge in [0, 0.05) is 12.7 Å². The highest BCUT2D eigenvalue weighted by Gasteiger charge is 2.07. The number of carbonyl (C=O) groups excluding carboxylic acids is 1. The number of amides is 2. The van der Waals surface area contributed by atoms with E-state index in [0.29, 0.717) is 5.56 Å². The lowest BCUT2D eigenvalue weighted by molar-refractivity contribution is 0.0690. The Morgan fingerprint density at radius 3 is 2.75 bits per heavy atom. The Morgan fingerprint density at radius 1 is 1.40 bits per heavy atom. The summed E-state index contributed by atoms with van der Waals surface area (Å²) in [5.74, 6) is -1.01. The largest absolute Gasteiger partial charge is 0.477 e. The molecule has 0 atom stereocenters. The zero-order chi connectivity index (χ0) is 14.5. The number of pyridine rings is 1. The average molecular weight is 277 g/mol. The van der Waals surface area contributed by atoms with E-state index in [4.69, 9.17) is 5.11 Å². The highest BCUT2D eigenvalue weighted by Crippen LogP contribution is 2.00. The van der Waals surface area contributed by atoms with Crippen LogP contribution in [0.2, 0.25) is 0 Å². The van der Waals surface area contributed by atoms with Gasteiger partial charge in [-0.25, -0.2) is 14.6 Å². The van der Waals surface area contributed by atoms with Crippen LogP contribution in [-0.4, -0.2) is 42.3 Å². The smallest absolute Gasteiger partial charge is 0.354 e. The summed E-state index contributed by atoms with van der Waals surface area (Å²) in [6, 6.07) is 2.43. The Bertz CT molecular complexity index is 622. The van der Waals surface area contributed by atoms with E-state index < -0.39 is 12.0 Å². The number of anilines is 1. The normalized spacial score (nSPS) is 10.1. The molecule has 0 bridgehead atoms. The Labute approximate surface area is 112 Å². The molecule has 0 spiro atoms. The molecule has 20 heavy (non-hydrogen) atoms. The van der Waals surface area contributed by atoms with Crippen molar-refractivity contribution in [3.63, 3.8) is 0 Å². The summed E-state index contributed by atoms with van der Waals surface area (Å²) >= 11 is 0. The van der Waals surface area contributed by atoms with Crippen LogP contribution in [0.15, 0.2) is 18.3 Å². The lowest BCUT2D eigenvalue weighted by Gasteiger charge is -2.04.